The second-order valence-electron chi connectivity index (χ2n) is 6.41. The highest BCUT2D eigenvalue weighted by atomic mass is 32.2. The van der Waals surface area contributed by atoms with Gasteiger partial charge in [0.25, 0.3) is 5.91 Å². The molecule has 1 amide bonds. The molecule has 3 rings (SSSR count). The largest absolute Gasteiger partial charge is 0.339 e. The van der Waals surface area contributed by atoms with Crippen LogP contribution >= 0.6 is 0 Å². The summed E-state index contributed by atoms with van der Waals surface area (Å²) in [6.07, 6.45) is 4.96. The first kappa shape index (κ1) is 18.5. The molecule has 1 fully saturated rings. The standard InChI is InChI=1S/C19H23N3O3S/c1-3-18(16-8-5-10-20-14-16)21(2)26(24,25)17-9-4-7-15(13-17)19(23)22-11-6-12-22/h4-5,7-10,13-14,18H,3,6,11-12H2,1-2H3. The van der Waals surface area contributed by atoms with Gasteiger partial charge in [0, 0.05) is 38.1 Å². The van der Waals surface area contributed by atoms with Crippen molar-refractivity contribution in [2.45, 2.75) is 30.7 Å². The quantitative estimate of drug-likeness (QED) is 0.781. The van der Waals surface area contributed by atoms with E-state index in [0.29, 0.717) is 12.0 Å². The van der Waals surface area contributed by atoms with Gasteiger partial charge >= 0.3 is 0 Å². The summed E-state index contributed by atoms with van der Waals surface area (Å²) in [6, 6.07) is 9.65. The summed E-state index contributed by atoms with van der Waals surface area (Å²) in [5.74, 6) is -0.116. The van der Waals surface area contributed by atoms with Crippen LogP contribution in [0.5, 0.6) is 0 Å². The highest BCUT2D eigenvalue weighted by Gasteiger charge is 2.29. The SMILES string of the molecule is CCC(c1cccnc1)N(C)S(=O)(=O)c1cccc(C(=O)N2CCC2)c1. The molecule has 1 unspecified atom stereocenters. The summed E-state index contributed by atoms with van der Waals surface area (Å²) >= 11 is 0. The molecule has 6 nitrogen and oxygen atoms in total. The minimum absolute atomic E-state index is 0.116. The van der Waals surface area contributed by atoms with Gasteiger partial charge < -0.3 is 4.90 Å². The van der Waals surface area contributed by atoms with Crippen LogP contribution in [-0.2, 0) is 10.0 Å². The van der Waals surface area contributed by atoms with E-state index >= 15 is 0 Å². The Balaban J connectivity index is 1.90. The van der Waals surface area contributed by atoms with E-state index < -0.39 is 10.0 Å². The zero-order chi connectivity index (χ0) is 18.7. The molecule has 0 spiro atoms. The van der Waals surface area contributed by atoms with Crippen molar-refractivity contribution in [3.63, 3.8) is 0 Å². The van der Waals surface area contributed by atoms with E-state index in [1.807, 2.05) is 13.0 Å². The van der Waals surface area contributed by atoms with Crippen LogP contribution in [0.2, 0.25) is 0 Å². The van der Waals surface area contributed by atoms with Crippen molar-refractivity contribution in [2.24, 2.45) is 0 Å². The Kier molecular flexibility index (Phi) is 5.38. The van der Waals surface area contributed by atoms with E-state index in [-0.39, 0.29) is 16.8 Å². The molecule has 1 aliphatic heterocycles. The molecular formula is C19H23N3O3S. The Morgan fingerprint density at radius 3 is 2.62 bits per heavy atom. The molecular weight excluding hydrogens is 350 g/mol. The fourth-order valence-electron chi connectivity index (χ4n) is 3.10. The van der Waals surface area contributed by atoms with E-state index in [1.54, 1.807) is 42.5 Å². The van der Waals surface area contributed by atoms with Crippen molar-refractivity contribution in [2.75, 3.05) is 20.1 Å². The van der Waals surface area contributed by atoms with Crippen molar-refractivity contribution < 1.29 is 13.2 Å². The minimum Gasteiger partial charge on any atom is -0.339 e. The monoisotopic (exact) mass is 373 g/mol. The average molecular weight is 373 g/mol. The van der Waals surface area contributed by atoms with Gasteiger partial charge in [-0.25, -0.2) is 8.42 Å². The number of amides is 1. The third-order valence-corrected chi connectivity index (χ3v) is 6.66. The van der Waals surface area contributed by atoms with Crippen LogP contribution in [0, 0.1) is 0 Å². The number of sulfonamides is 1. The second kappa shape index (κ2) is 7.55. The zero-order valence-electron chi connectivity index (χ0n) is 15.0. The Morgan fingerprint density at radius 2 is 2.04 bits per heavy atom. The van der Waals surface area contributed by atoms with Crippen molar-refractivity contribution in [3.8, 4) is 0 Å². The van der Waals surface area contributed by atoms with E-state index in [9.17, 15) is 13.2 Å². The van der Waals surface area contributed by atoms with Gasteiger partial charge in [0.05, 0.1) is 10.9 Å². The van der Waals surface area contributed by atoms with Gasteiger partial charge in [-0.05, 0) is 42.7 Å². The van der Waals surface area contributed by atoms with Crippen molar-refractivity contribution >= 4 is 15.9 Å². The van der Waals surface area contributed by atoms with Gasteiger partial charge in [0.15, 0.2) is 0 Å². The van der Waals surface area contributed by atoms with E-state index in [4.69, 9.17) is 0 Å². The molecule has 1 atom stereocenters. The molecule has 0 N–H and O–H groups in total. The molecule has 0 bridgehead atoms. The Hall–Kier alpha value is -2.25. The van der Waals surface area contributed by atoms with Gasteiger partial charge in [0.1, 0.15) is 0 Å². The third-order valence-electron chi connectivity index (χ3n) is 4.80. The maximum atomic E-state index is 13.1. The Morgan fingerprint density at radius 1 is 1.27 bits per heavy atom. The first-order chi connectivity index (χ1) is 12.4. The molecule has 1 saturated heterocycles. The van der Waals surface area contributed by atoms with Crippen LogP contribution in [0.25, 0.3) is 0 Å². The average Bonchev–Trinajstić information content (AvgIpc) is 2.62. The number of carbonyl (C=O) groups excluding carboxylic acids is 1. The molecule has 7 heteroatoms. The summed E-state index contributed by atoms with van der Waals surface area (Å²) in [6.45, 7) is 3.40. The van der Waals surface area contributed by atoms with Crippen molar-refractivity contribution in [1.29, 1.82) is 0 Å². The first-order valence-corrected chi connectivity index (χ1v) is 10.2. The van der Waals surface area contributed by atoms with Gasteiger partial charge in [-0.2, -0.15) is 4.31 Å². The second-order valence-corrected chi connectivity index (χ2v) is 8.40. The lowest BCUT2D eigenvalue weighted by molar-refractivity contribution is 0.0651. The number of carbonyl (C=O) groups is 1. The van der Waals surface area contributed by atoms with Crippen molar-refractivity contribution in [3.05, 3.63) is 59.9 Å². The summed E-state index contributed by atoms with van der Waals surface area (Å²) in [4.78, 5) is 18.3. The van der Waals surface area contributed by atoms with Gasteiger partial charge in [-0.3, -0.25) is 9.78 Å². The predicted molar refractivity (Wildman–Crippen MR) is 99.2 cm³/mol. The van der Waals surface area contributed by atoms with Crippen LogP contribution in [-0.4, -0.2) is 48.7 Å². The summed E-state index contributed by atoms with van der Waals surface area (Å²) in [5.41, 5.74) is 1.25. The number of pyridine rings is 1. The molecule has 0 radical (unpaired) electrons. The number of aromatic nitrogens is 1. The normalized spacial score (nSPS) is 15.6. The van der Waals surface area contributed by atoms with Crippen LogP contribution in [0.4, 0.5) is 0 Å². The molecule has 1 aromatic carbocycles. The predicted octanol–water partition coefficient (Wildman–Crippen LogP) is 2.70. The summed E-state index contributed by atoms with van der Waals surface area (Å²) in [5, 5.41) is 0. The van der Waals surface area contributed by atoms with Crippen LogP contribution in [0.1, 0.15) is 41.7 Å². The van der Waals surface area contributed by atoms with E-state index in [2.05, 4.69) is 4.98 Å². The topological polar surface area (TPSA) is 70.6 Å². The Bertz CT molecular complexity index is 880. The summed E-state index contributed by atoms with van der Waals surface area (Å²) in [7, 11) is -2.16. The lowest BCUT2D eigenvalue weighted by Crippen LogP contribution is -2.42. The number of nitrogens with zero attached hydrogens (tertiary/aromatic N) is 3. The maximum Gasteiger partial charge on any atom is 0.253 e. The van der Waals surface area contributed by atoms with Gasteiger partial charge in [-0.1, -0.05) is 19.1 Å². The molecule has 1 aliphatic rings. The third kappa shape index (κ3) is 3.50. The van der Waals surface area contributed by atoms with E-state index in [0.717, 1.165) is 25.1 Å². The fraction of sp³-hybridized carbons (Fsp3) is 0.368. The minimum atomic E-state index is -3.73. The number of likely N-dealkylation sites (tertiary alicyclic amines) is 1. The molecule has 0 saturated carbocycles. The molecule has 0 aliphatic carbocycles. The Labute approximate surface area is 154 Å². The first-order valence-electron chi connectivity index (χ1n) is 8.72. The number of hydrogen-bond acceptors (Lipinski definition) is 4. The van der Waals surface area contributed by atoms with Gasteiger partial charge in [0.2, 0.25) is 10.0 Å². The molecule has 2 heterocycles. The highest BCUT2D eigenvalue weighted by molar-refractivity contribution is 7.89. The van der Waals surface area contributed by atoms with Crippen LogP contribution < -0.4 is 0 Å². The molecule has 2 aromatic rings. The van der Waals surface area contributed by atoms with Gasteiger partial charge in [-0.15, -0.1) is 0 Å². The van der Waals surface area contributed by atoms with Crippen molar-refractivity contribution in [1.82, 2.24) is 14.2 Å². The van der Waals surface area contributed by atoms with Crippen LogP contribution in [0.15, 0.2) is 53.7 Å². The molecule has 26 heavy (non-hydrogen) atoms. The van der Waals surface area contributed by atoms with E-state index in [1.165, 1.54) is 16.4 Å². The lowest BCUT2D eigenvalue weighted by atomic mass is 10.1. The molecule has 138 valence electrons. The number of benzene rings is 1. The number of rotatable bonds is 6. The fourth-order valence-corrected chi connectivity index (χ4v) is 4.57. The molecule has 1 aromatic heterocycles. The van der Waals surface area contributed by atoms with Crippen LogP contribution in [0.3, 0.4) is 0 Å². The number of hydrogen-bond donors (Lipinski definition) is 0. The zero-order valence-corrected chi connectivity index (χ0v) is 15.8. The summed E-state index contributed by atoms with van der Waals surface area (Å²) < 4.78 is 27.6. The smallest absolute Gasteiger partial charge is 0.253 e. The maximum absolute atomic E-state index is 13.1. The lowest BCUT2D eigenvalue weighted by Gasteiger charge is -2.31. The highest BCUT2D eigenvalue weighted by Crippen LogP contribution is 2.28.